The summed E-state index contributed by atoms with van der Waals surface area (Å²) in [6.07, 6.45) is 4.04. The van der Waals surface area contributed by atoms with E-state index in [1.165, 1.54) is 11.1 Å². The molecular formula is C27H27NOS. The summed E-state index contributed by atoms with van der Waals surface area (Å²) in [5.74, 6) is 0.742. The van der Waals surface area contributed by atoms with Crippen molar-refractivity contribution in [2.24, 2.45) is 0 Å². The van der Waals surface area contributed by atoms with Crippen molar-refractivity contribution < 1.29 is 4.74 Å². The Morgan fingerprint density at radius 2 is 1.60 bits per heavy atom. The lowest BCUT2D eigenvalue weighted by Gasteiger charge is -2.18. The molecular weight excluding hydrogens is 386 g/mol. The van der Waals surface area contributed by atoms with Gasteiger partial charge in [-0.05, 0) is 53.3 Å². The molecule has 3 rings (SSSR count). The second-order valence-corrected chi connectivity index (χ2v) is 9.44. The molecule has 3 aromatic rings. The van der Waals surface area contributed by atoms with E-state index in [1.807, 2.05) is 24.3 Å². The lowest BCUT2D eigenvalue weighted by molar-refractivity contribution is 0.413. The fourth-order valence-electron chi connectivity index (χ4n) is 3.07. The number of ether oxygens (including phenoxy) is 1. The average Bonchev–Trinajstić information content (AvgIpc) is 2.73. The van der Waals surface area contributed by atoms with Crippen LogP contribution in [0.25, 0.3) is 12.2 Å². The van der Waals surface area contributed by atoms with Gasteiger partial charge in [0.1, 0.15) is 11.8 Å². The van der Waals surface area contributed by atoms with Gasteiger partial charge in [-0.25, -0.2) is 0 Å². The molecule has 0 atom stereocenters. The molecule has 3 aromatic carbocycles. The number of benzene rings is 3. The molecule has 0 aromatic heterocycles. The third-order valence-corrected chi connectivity index (χ3v) is 5.98. The largest absolute Gasteiger partial charge is 0.497 e. The second-order valence-electron chi connectivity index (χ2n) is 8.32. The first-order valence-electron chi connectivity index (χ1n) is 9.95. The zero-order valence-corrected chi connectivity index (χ0v) is 19.0. The minimum Gasteiger partial charge on any atom is -0.497 e. The summed E-state index contributed by atoms with van der Waals surface area (Å²) < 4.78 is 5.50. The average molecular weight is 414 g/mol. The van der Waals surface area contributed by atoms with E-state index < -0.39 is 0 Å². The molecule has 0 bridgehead atoms. The minimum absolute atomic E-state index is 0.130. The lowest BCUT2D eigenvalue weighted by Crippen LogP contribution is -2.10. The molecule has 0 spiro atoms. The molecule has 0 aliphatic carbocycles. The molecule has 0 heterocycles. The first-order valence-corrected chi connectivity index (χ1v) is 10.8. The fraction of sp³-hybridized carbons (Fsp3) is 0.222. The van der Waals surface area contributed by atoms with Crippen LogP contribution < -0.4 is 4.74 Å². The molecule has 30 heavy (non-hydrogen) atoms. The van der Waals surface area contributed by atoms with Crippen LogP contribution in [0.1, 0.15) is 48.6 Å². The van der Waals surface area contributed by atoms with Crippen molar-refractivity contribution in [3.8, 4) is 11.8 Å². The molecule has 0 aliphatic heterocycles. The van der Waals surface area contributed by atoms with Crippen LogP contribution in [0.5, 0.6) is 5.75 Å². The highest BCUT2D eigenvalue weighted by Crippen LogP contribution is 2.36. The van der Waals surface area contributed by atoms with Crippen LogP contribution in [0.2, 0.25) is 0 Å². The van der Waals surface area contributed by atoms with Gasteiger partial charge >= 0.3 is 0 Å². The van der Waals surface area contributed by atoms with Crippen LogP contribution in [-0.4, -0.2) is 7.11 Å². The van der Waals surface area contributed by atoms with Gasteiger partial charge in [0.15, 0.2) is 0 Å². The lowest BCUT2D eigenvalue weighted by atomic mass is 9.87. The Hall–Kier alpha value is -2.96. The van der Waals surface area contributed by atoms with E-state index in [9.17, 15) is 5.26 Å². The molecule has 0 amide bonds. The maximum absolute atomic E-state index is 9.87. The Morgan fingerprint density at radius 1 is 0.933 bits per heavy atom. The highest BCUT2D eigenvalue weighted by Gasteiger charge is 2.13. The topological polar surface area (TPSA) is 33.0 Å². The Labute approximate surface area is 184 Å². The van der Waals surface area contributed by atoms with Gasteiger partial charge in [0.05, 0.1) is 12.7 Å². The molecule has 2 nitrogen and oxygen atoms in total. The Bertz CT molecular complexity index is 1080. The number of hydrogen-bond acceptors (Lipinski definition) is 3. The number of hydrogen-bond donors (Lipinski definition) is 0. The van der Waals surface area contributed by atoms with Crippen LogP contribution in [0.3, 0.4) is 0 Å². The van der Waals surface area contributed by atoms with Gasteiger partial charge in [-0.1, -0.05) is 86.6 Å². The van der Waals surface area contributed by atoms with Crippen LogP contribution >= 0.6 is 11.8 Å². The van der Waals surface area contributed by atoms with E-state index in [2.05, 4.69) is 82.3 Å². The molecule has 0 unspecified atom stereocenters. The van der Waals surface area contributed by atoms with Gasteiger partial charge in [-0.2, -0.15) is 5.26 Å². The van der Waals surface area contributed by atoms with Crippen LogP contribution in [-0.2, 0) is 5.41 Å². The molecule has 152 valence electrons. The van der Waals surface area contributed by atoms with E-state index in [0.717, 1.165) is 26.7 Å². The van der Waals surface area contributed by atoms with E-state index in [-0.39, 0.29) is 5.41 Å². The maximum atomic E-state index is 9.87. The number of rotatable bonds is 5. The summed E-state index contributed by atoms with van der Waals surface area (Å²) in [4.78, 5) is 1.99. The zero-order chi connectivity index (χ0) is 21.7. The summed E-state index contributed by atoms with van der Waals surface area (Å²) in [7, 11) is 1.65. The number of nitriles is 1. The quantitative estimate of drug-likeness (QED) is 0.406. The van der Waals surface area contributed by atoms with Gasteiger partial charge in [-0.3, -0.25) is 0 Å². The van der Waals surface area contributed by atoms with Crippen LogP contribution in [0.4, 0.5) is 0 Å². The van der Waals surface area contributed by atoms with Crippen molar-refractivity contribution in [3.05, 3.63) is 88.5 Å². The second kappa shape index (κ2) is 9.24. The fourth-order valence-corrected chi connectivity index (χ4v) is 4.04. The minimum atomic E-state index is 0.130. The first-order chi connectivity index (χ1) is 14.3. The SMILES string of the molecule is COc1cc(C=Cc2ccc(C(C)(C)C)cc2)c(C#N)c(Sc2ccc(C)cc2)c1. The monoisotopic (exact) mass is 413 g/mol. The Kier molecular flexibility index (Phi) is 6.70. The summed E-state index contributed by atoms with van der Waals surface area (Å²) in [5.41, 5.74) is 5.25. The molecule has 0 saturated carbocycles. The van der Waals surface area contributed by atoms with Crippen molar-refractivity contribution in [1.29, 1.82) is 5.26 Å². The first kappa shape index (κ1) is 21.7. The van der Waals surface area contributed by atoms with Gasteiger partial charge in [0.2, 0.25) is 0 Å². The third-order valence-electron chi connectivity index (χ3n) is 4.93. The van der Waals surface area contributed by atoms with Crippen molar-refractivity contribution in [1.82, 2.24) is 0 Å². The normalized spacial score (nSPS) is 11.5. The van der Waals surface area contributed by atoms with E-state index in [1.54, 1.807) is 18.9 Å². The number of aryl methyl sites for hydroxylation is 1. The molecule has 0 saturated heterocycles. The predicted molar refractivity (Wildman–Crippen MR) is 127 cm³/mol. The van der Waals surface area contributed by atoms with Crippen LogP contribution in [0, 0.1) is 18.3 Å². The number of methoxy groups -OCH3 is 1. The van der Waals surface area contributed by atoms with Crippen LogP contribution in [0.15, 0.2) is 70.5 Å². The van der Waals surface area contributed by atoms with Crippen molar-refractivity contribution >= 4 is 23.9 Å². The molecule has 0 fully saturated rings. The molecule has 0 aliphatic rings. The van der Waals surface area contributed by atoms with Crippen molar-refractivity contribution in [2.75, 3.05) is 7.11 Å². The molecule has 0 radical (unpaired) electrons. The van der Waals surface area contributed by atoms with Crippen molar-refractivity contribution in [3.63, 3.8) is 0 Å². The summed E-state index contributed by atoms with van der Waals surface area (Å²) >= 11 is 1.58. The highest BCUT2D eigenvalue weighted by molar-refractivity contribution is 7.99. The van der Waals surface area contributed by atoms with E-state index in [4.69, 9.17) is 4.74 Å². The summed E-state index contributed by atoms with van der Waals surface area (Å²) in [5, 5.41) is 9.87. The third kappa shape index (κ3) is 5.34. The Balaban J connectivity index is 1.94. The predicted octanol–water partition coefficient (Wildman–Crippen LogP) is 7.49. The summed E-state index contributed by atoms with van der Waals surface area (Å²) in [6.45, 7) is 8.69. The zero-order valence-electron chi connectivity index (χ0n) is 18.2. The standard InChI is InChI=1S/C27H27NOS/c1-19-6-14-24(15-7-19)30-26-17-23(29-5)16-21(25(26)18-28)11-8-20-9-12-22(13-10-20)27(2,3)4/h6-17H,1-5H3. The van der Waals surface area contributed by atoms with Gasteiger partial charge in [-0.15, -0.1) is 0 Å². The highest BCUT2D eigenvalue weighted by atomic mass is 32.2. The van der Waals surface area contributed by atoms with E-state index in [0.29, 0.717) is 5.56 Å². The van der Waals surface area contributed by atoms with E-state index >= 15 is 0 Å². The maximum Gasteiger partial charge on any atom is 0.120 e. The molecule has 0 N–H and O–H groups in total. The van der Waals surface area contributed by atoms with Gasteiger partial charge in [0, 0.05) is 9.79 Å². The number of nitrogens with zero attached hydrogens (tertiary/aromatic N) is 1. The van der Waals surface area contributed by atoms with Gasteiger partial charge < -0.3 is 4.74 Å². The smallest absolute Gasteiger partial charge is 0.120 e. The van der Waals surface area contributed by atoms with Crippen molar-refractivity contribution in [2.45, 2.75) is 42.9 Å². The molecule has 3 heteroatoms. The Morgan fingerprint density at radius 3 is 2.17 bits per heavy atom. The van der Waals surface area contributed by atoms with Gasteiger partial charge in [0.25, 0.3) is 0 Å². The summed E-state index contributed by atoms with van der Waals surface area (Å²) in [6, 6.07) is 23.1.